The number of carbonyl (C=O) groups is 2. The van der Waals surface area contributed by atoms with Gasteiger partial charge in [-0.3, -0.25) is 9.59 Å². The van der Waals surface area contributed by atoms with Crippen LogP contribution in [0.1, 0.15) is 50.4 Å². The maximum atomic E-state index is 13.1. The minimum Gasteiger partial charge on any atom is -0.350 e. The van der Waals surface area contributed by atoms with Gasteiger partial charge in [-0.05, 0) is 37.5 Å². The van der Waals surface area contributed by atoms with Crippen molar-refractivity contribution in [3.8, 4) is 0 Å². The Labute approximate surface area is 147 Å². The number of hydrogen-bond donors (Lipinski definition) is 2. The first-order valence-corrected chi connectivity index (χ1v) is 7.66. The first-order valence-electron chi connectivity index (χ1n) is 7.66. The van der Waals surface area contributed by atoms with Crippen LogP contribution >= 0.6 is 12.4 Å². The Morgan fingerprint density at radius 3 is 2.33 bits per heavy atom. The molecule has 0 saturated carbocycles. The van der Waals surface area contributed by atoms with E-state index in [0.717, 1.165) is 18.6 Å². The fourth-order valence-corrected chi connectivity index (χ4v) is 2.53. The van der Waals surface area contributed by atoms with Crippen molar-refractivity contribution in [2.24, 2.45) is 11.7 Å². The predicted octanol–water partition coefficient (Wildman–Crippen LogP) is 3.23. The van der Waals surface area contributed by atoms with Crippen molar-refractivity contribution >= 4 is 24.1 Å². The average molecular weight is 363 g/mol. The molecule has 0 aliphatic rings. The molecule has 1 amide bonds. The number of nitrogens with two attached hydrogens (primary N) is 1. The van der Waals surface area contributed by atoms with Crippen molar-refractivity contribution in [1.29, 1.82) is 0 Å². The highest BCUT2D eigenvalue weighted by Gasteiger charge is 2.26. The summed E-state index contributed by atoms with van der Waals surface area (Å²) in [7, 11) is 0. The third-order valence-electron chi connectivity index (χ3n) is 3.57. The standard InChI is InChI=1S/C17H24F2N2O2.ClH/c1-11(2)9-17(3,10-20)21-16(23)7-6-15(22)12-4-5-13(18)14(19)8-12;/h4-5,8,11H,6-7,9-10,20H2,1-3H3,(H,21,23);1H. The van der Waals surface area contributed by atoms with Crippen molar-refractivity contribution in [2.75, 3.05) is 6.54 Å². The number of nitrogens with one attached hydrogen (secondary N) is 1. The lowest BCUT2D eigenvalue weighted by Gasteiger charge is -2.31. The second-order valence-corrected chi connectivity index (χ2v) is 6.46. The van der Waals surface area contributed by atoms with Crippen LogP contribution in [0.4, 0.5) is 8.78 Å². The number of halogens is 3. The van der Waals surface area contributed by atoms with Crippen LogP contribution in [0.25, 0.3) is 0 Å². The molecule has 0 aliphatic carbocycles. The van der Waals surface area contributed by atoms with Crippen LogP contribution in [0.15, 0.2) is 18.2 Å². The Morgan fingerprint density at radius 2 is 1.83 bits per heavy atom. The highest BCUT2D eigenvalue weighted by Crippen LogP contribution is 2.16. The average Bonchev–Trinajstić information content (AvgIpc) is 2.46. The van der Waals surface area contributed by atoms with Gasteiger partial charge in [-0.1, -0.05) is 13.8 Å². The second-order valence-electron chi connectivity index (χ2n) is 6.46. The van der Waals surface area contributed by atoms with Gasteiger partial charge in [0, 0.05) is 30.5 Å². The van der Waals surface area contributed by atoms with Crippen LogP contribution in [0.2, 0.25) is 0 Å². The van der Waals surface area contributed by atoms with Gasteiger partial charge >= 0.3 is 0 Å². The molecule has 24 heavy (non-hydrogen) atoms. The van der Waals surface area contributed by atoms with Gasteiger partial charge in [0.1, 0.15) is 0 Å². The number of rotatable bonds is 8. The van der Waals surface area contributed by atoms with Crippen LogP contribution < -0.4 is 11.1 Å². The molecule has 0 heterocycles. The van der Waals surface area contributed by atoms with E-state index in [4.69, 9.17) is 5.73 Å². The molecular formula is C17H25ClF2N2O2. The molecule has 0 bridgehead atoms. The van der Waals surface area contributed by atoms with E-state index in [1.807, 2.05) is 20.8 Å². The summed E-state index contributed by atoms with van der Waals surface area (Å²) in [5.74, 6) is -2.40. The molecule has 0 radical (unpaired) electrons. The highest BCUT2D eigenvalue weighted by molar-refractivity contribution is 5.98. The van der Waals surface area contributed by atoms with Gasteiger partial charge in [0.25, 0.3) is 0 Å². The zero-order chi connectivity index (χ0) is 17.6. The maximum absolute atomic E-state index is 13.1. The second kappa shape index (κ2) is 9.69. The fraction of sp³-hybridized carbons (Fsp3) is 0.529. The molecule has 0 aliphatic heterocycles. The quantitative estimate of drug-likeness (QED) is 0.697. The third kappa shape index (κ3) is 6.93. The van der Waals surface area contributed by atoms with Gasteiger partial charge < -0.3 is 11.1 Å². The van der Waals surface area contributed by atoms with E-state index in [9.17, 15) is 18.4 Å². The molecule has 7 heteroatoms. The third-order valence-corrected chi connectivity index (χ3v) is 3.57. The number of hydrogen-bond acceptors (Lipinski definition) is 3. The van der Waals surface area contributed by atoms with E-state index in [0.29, 0.717) is 12.5 Å². The van der Waals surface area contributed by atoms with Crippen LogP contribution in [-0.4, -0.2) is 23.8 Å². The lowest BCUT2D eigenvalue weighted by atomic mass is 9.90. The summed E-state index contributed by atoms with van der Waals surface area (Å²) in [4.78, 5) is 23.9. The van der Waals surface area contributed by atoms with Crippen LogP contribution in [0.5, 0.6) is 0 Å². The van der Waals surface area contributed by atoms with Gasteiger partial charge in [0.05, 0.1) is 0 Å². The topological polar surface area (TPSA) is 72.2 Å². The van der Waals surface area contributed by atoms with Gasteiger partial charge in [-0.2, -0.15) is 0 Å². The first kappa shape index (κ1) is 22.5. The molecule has 3 N–H and O–H groups in total. The van der Waals surface area contributed by atoms with Gasteiger partial charge in [0.15, 0.2) is 17.4 Å². The minimum absolute atomic E-state index is 0. The summed E-state index contributed by atoms with van der Waals surface area (Å²) in [5.41, 5.74) is 5.26. The fourth-order valence-electron chi connectivity index (χ4n) is 2.53. The van der Waals surface area contributed by atoms with E-state index in [2.05, 4.69) is 5.32 Å². The smallest absolute Gasteiger partial charge is 0.220 e. The number of benzene rings is 1. The van der Waals surface area contributed by atoms with Crippen molar-refractivity contribution < 1.29 is 18.4 Å². The minimum atomic E-state index is -1.08. The lowest BCUT2D eigenvalue weighted by Crippen LogP contribution is -2.52. The van der Waals surface area contributed by atoms with E-state index in [1.165, 1.54) is 6.07 Å². The Bertz CT molecular complexity index is 582. The Morgan fingerprint density at radius 1 is 1.21 bits per heavy atom. The molecule has 1 unspecified atom stereocenters. The molecule has 0 saturated heterocycles. The summed E-state index contributed by atoms with van der Waals surface area (Å²) in [6.45, 7) is 6.23. The van der Waals surface area contributed by atoms with Gasteiger partial charge in [-0.25, -0.2) is 8.78 Å². The molecular weight excluding hydrogens is 338 g/mol. The Kier molecular flexibility index (Phi) is 9.07. The summed E-state index contributed by atoms with van der Waals surface area (Å²) >= 11 is 0. The SMILES string of the molecule is CC(C)CC(C)(CN)NC(=O)CCC(=O)c1ccc(F)c(F)c1.Cl. The van der Waals surface area contributed by atoms with Crippen molar-refractivity contribution in [3.05, 3.63) is 35.4 Å². The van der Waals surface area contributed by atoms with Crippen LogP contribution in [-0.2, 0) is 4.79 Å². The van der Waals surface area contributed by atoms with Crippen LogP contribution in [0, 0.1) is 17.6 Å². The molecule has 1 rings (SSSR count). The summed E-state index contributed by atoms with van der Waals surface area (Å²) in [5, 5.41) is 2.85. The van der Waals surface area contributed by atoms with E-state index in [-0.39, 0.29) is 36.7 Å². The molecule has 0 aromatic heterocycles. The molecule has 1 atom stereocenters. The van der Waals surface area contributed by atoms with E-state index in [1.54, 1.807) is 0 Å². The lowest BCUT2D eigenvalue weighted by molar-refractivity contribution is -0.122. The summed E-state index contributed by atoms with van der Waals surface area (Å²) in [6, 6.07) is 2.95. The Balaban J connectivity index is 0.00000529. The number of ketones is 1. The monoisotopic (exact) mass is 362 g/mol. The zero-order valence-corrected chi connectivity index (χ0v) is 15.0. The number of carbonyl (C=O) groups excluding carboxylic acids is 2. The number of Topliss-reactive ketones (excluding diaryl/α,β-unsaturated/α-hetero) is 1. The zero-order valence-electron chi connectivity index (χ0n) is 14.2. The summed E-state index contributed by atoms with van der Waals surface area (Å²) in [6.07, 6.45) is 0.636. The van der Waals surface area contributed by atoms with Gasteiger partial charge in [-0.15, -0.1) is 12.4 Å². The normalized spacial score (nSPS) is 13.1. The predicted molar refractivity (Wildman–Crippen MR) is 92.2 cm³/mol. The molecule has 1 aromatic carbocycles. The van der Waals surface area contributed by atoms with Gasteiger partial charge in [0.2, 0.25) is 5.91 Å². The largest absolute Gasteiger partial charge is 0.350 e. The Hall–Kier alpha value is -1.53. The van der Waals surface area contributed by atoms with Crippen molar-refractivity contribution in [3.63, 3.8) is 0 Å². The molecule has 0 spiro atoms. The van der Waals surface area contributed by atoms with Crippen molar-refractivity contribution in [2.45, 2.75) is 45.6 Å². The highest BCUT2D eigenvalue weighted by atomic mass is 35.5. The van der Waals surface area contributed by atoms with E-state index < -0.39 is 23.0 Å². The molecule has 136 valence electrons. The van der Waals surface area contributed by atoms with E-state index >= 15 is 0 Å². The van der Waals surface area contributed by atoms with Crippen molar-refractivity contribution in [1.82, 2.24) is 5.32 Å². The molecule has 4 nitrogen and oxygen atoms in total. The summed E-state index contributed by atoms with van der Waals surface area (Å²) < 4.78 is 26.0. The first-order chi connectivity index (χ1) is 10.7. The number of amides is 1. The molecule has 0 fully saturated rings. The maximum Gasteiger partial charge on any atom is 0.220 e. The molecule has 1 aromatic rings. The van der Waals surface area contributed by atoms with Crippen LogP contribution in [0.3, 0.4) is 0 Å².